The van der Waals surface area contributed by atoms with E-state index in [9.17, 15) is 0 Å². The Labute approximate surface area is 199 Å². The molecular weight excluding hydrogens is 469 g/mol. The monoisotopic (exact) mass is 488 g/mol. The van der Waals surface area contributed by atoms with Crippen LogP contribution in [0.25, 0.3) is 9.81 Å². The highest BCUT2D eigenvalue weighted by Gasteiger charge is 2.59. The molecule has 0 saturated heterocycles. The topological polar surface area (TPSA) is 0 Å². The van der Waals surface area contributed by atoms with Gasteiger partial charge in [-0.25, -0.2) is 0 Å². The zero-order valence-electron chi connectivity index (χ0n) is 16.1. The molecule has 2 aliphatic heterocycles. The average molecular weight is 489 g/mol. The summed E-state index contributed by atoms with van der Waals surface area (Å²) in [6.45, 7) is 4.96. The quantitative estimate of drug-likeness (QED) is 0.406. The van der Waals surface area contributed by atoms with Crippen LogP contribution >= 0.6 is 71.5 Å². The van der Waals surface area contributed by atoms with Gasteiger partial charge in [0.2, 0.25) is 0 Å². The number of hydrogen-bond donors (Lipinski definition) is 2. The van der Waals surface area contributed by atoms with Crippen LogP contribution < -0.4 is 0 Å². The molecule has 6 rings (SSSR count). The van der Waals surface area contributed by atoms with Crippen LogP contribution in [0, 0.1) is 0 Å². The average Bonchev–Trinajstić information content (AvgIpc) is 3.44. The van der Waals surface area contributed by atoms with Gasteiger partial charge in [-0.2, -0.15) is 0 Å². The third-order valence-corrected chi connectivity index (χ3v) is 12.9. The molecular formula is C23H20S6. The van der Waals surface area contributed by atoms with E-state index in [4.69, 9.17) is 0 Å². The van der Waals surface area contributed by atoms with Crippen molar-refractivity contribution in [3.8, 4) is 0 Å². The molecule has 1 fully saturated rings. The summed E-state index contributed by atoms with van der Waals surface area (Å²) in [7, 11) is 0. The first-order valence-corrected chi connectivity index (χ1v) is 13.9. The van der Waals surface area contributed by atoms with Crippen molar-refractivity contribution < 1.29 is 0 Å². The molecule has 2 atom stereocenters. The van der Waals surface area contributed by atoms with Crippen LogP contribution in [0.5, 0.6) is 0 Å². The molecule has 0 amide bonds. The second kappa shape index (κ2) is 6.63. The van der Waals surface area contributed by atoms with E-state index in [-0.39, 0.29) is 9.49 Å². The first kappa shape index (κ1) is 19.4. The molecule has 0 bridgehead atoms. The molecule has 2 aromatic heterocycles. The lowest BCUT2D eigenvalue weighted by atomic mass is 9.72. The number of thiophene rings is 2. The summed E-state index contributed by atoms with van der Waals surface area (Å²) in [4.78, 5) is 5.53. The van der Waals surface area contributed by atoms with Gasteiger partial charge in [0.25, 0.3) is 0 Å². The molecule has 0 nitrogen and oxygen atoms in total. The van der Waals surface area contributed by atoms with Crippen molar-refractivity contribution in [1.82, 2.24) is 0 Å². The maximum atomic E-state index is 4.56. The van der Waals surface area contributed by atoms with E-state index in [1.165, 1.54) is 38.8 Å². The van der Waals surface area contributed by atoms with Crippen LogP contribution in [0.3, 0.4) is 0 Å². The summed E-state index contributed by atoms with van der Waals surface area (Å²) >= 11 is 16.8. The summed E-state index contributed by atoms with van der Waals surface area (Å²) in [5.74, 6) is 0. The predicted molar refractivity (Wildman–Crippen MR) is 139 cm³/mol. The normalized spacial score (nSPS) is 30.5. The predicted octanol–water partition coefficient (Wildman–Crippen LogP) is 8.57. The molecule has 4 heterocycles. The highest BCUT2D eigenvalue weighted by Crippen LogP contribution is 2.70. The SMILES string of the molecule is C[C@@]12SC(c3ccc(S)s3)=CC1=C1CCCC1=C1C=C(c3ccc(S)s3)S[C@]12C. The minimum Gasteiger partial charge on any atom is -0.133 e. The Morgan fingerprint density at radius 1 is 0.724 bits per heavy atom. The van der Waals surface area contributed by atoms with Gasteiger partial charge in [-0.05, 0) is 91.8 Å². The Morgan fingerprint density at radius 3 is 1.55 bits per heavy atom. The maximum absolute atomic E-state index is 4.56. The Bertz CT molecular complexity index is 1090. The molecule has 0 N–H and O–H groups in total. The minimum atomic E-state index is 0.0472. The number of rotatable bonds is 2. The lowest BCUT2D eigenvalue weighted by Crippen LogP contribution is -2.47. The summed E-state index contributed by atoms with van der Waals surface area (Å²) in [6, 6.07) is 8.70. The second-order valence-electron chi connectivity index (χ2n) is 8.20. The van der Waals surface area contributed by atoms with Crippen LogP contribution in [0.1, 0.15) is 42.9 Å². The highest BCUT2D eigenvalue weighted by molar-refractivity contribution is 8.14. The fraction of sp³-hybridized carbons (Fsp3) is 0.304. The fourth-order valence-electron chi connectivity index (χ4n) is 5.11. The Balaban J connectivity index is 1.51. The van der Waals surface area contributed by atoms with Crippen molar-refractivity contribution in [2.75, 3.05) is 0 Å². The van der Waals surface area contributed by atoms with Crippen molar-refractivity contribution in [2.24, 2.45) is 0 Å². The van der Waals surface area contributed by atoms with Gasteiger partial charge in [-0.15, -0.1) is 71.5 Å². The van der Waals surface area contributed by atoms with Gasteiger partial charge < -0.3 is 0 Å². The van der Waals surface area contributed by atoms with E-state index in [0.717, 1.165) is 8.42 Å². The summed E-state index contributed by atoms with van der Waals surface area (Å²) in [5, 5.41) is 0. The van der Waals surface area contributed by atoms with Gasteiger partial charge in [0, 0.05) is 19.6 Å². The maximum Gasteiger partial charge on any atom is 0.0619 e. The van der Waals surface area contributed by atoms with Crippen molar-refractivity contribution in [2.45, 2.75) is 51.0 Å². The molecule has 148 valence electrons. The zero-order valence-corrected chi connectivity index (χ0v) is 21.2. The van der Waals surface area contributed by atoms with E-state index in [1.54, 1.807) is 45.0 Å². The number of thioether (sulfide) groups is 2. The molecule has 0 spiro atoms. The van der Waals surface area contributed by atoms with E-state index in [2.05, 4.69) is 99.0 Å². The standard InChI is InChI=1S/C23H20S6/c1-22-14(10-18(28-22)16-6-8-20(24)26-16)12-4-3-5-13(12)15-11-19(29-23(15,22)2)17-7-9-21(25)27-17/h6-11,24-25H,3-5H2,1-2H3/t22-,23-/m1/s1. The highest BCUT2D eigenvalue weighted by atomic mass is 32.2. The second-order valence-corrected chi connectivity index (χ2v) is 14.9. The van der Waals surface area contributed by atoms with Gasteiger partial charge in [-0.3, -0.25) is 0 Å². The number of thiol groups is 2. The molecule has 6 heteroatoms. The minimum absolute atomic E-state index is 0.0472. The third-order valence-electron chi connectivity index (χ3n) is 6.65. The molecule has 0 aromatic carbocycles. The first-order chi connectivity index (χ1) is 13.9. The number of allylic oxidation sites excluding steroid dienone is 4. The van der Waals surface area contributed by atoms with E-state index in [0.29, 0.717) is 0 Å². The summed E-state index contributed by atoms with van der Waals surface area (Å²) in [5.41, 5.74) is 6.41. The molecule has 29 heavy (non-hydrogen) atoms. The number of hydrogen-bond acceptors (Lipinski definition) is 6. The van der Waals surface area contributed by atoms with Gasteiger partial charge in [0.1, 0.15) is 0 Å². The molecule has 2 aromatic rings. The molecule has 1 saturated carbocycles. The fourth-order valence-corrected chi connectivity index (χ4v) is 10.7. The van der Waals surface area contributed by atoms with Crippen LogP contribution in [0.4, 0.5) is 0 Å². The molecule has 0 unspecified atom stereocenters. The van der Waals surface area contributed by atoms with Crippen LogP contribution in [-0.2, 0) is 0 Å². The van der Waals surface area contributed by atoms with Gasteiger partial charge >= 0.3 is 0 Å². The largest absolute Gasteiger partial charge is 0.133 e. The van der Waals surface area contributed by atoms with Crippen molar-refractivity contribution in [3.05, 3.63) is 68.5 Å². The van der Waals surface area contributed by atoms with Crippen LogP contribution in [0.15, 0.2) is 67.1 Å². The van der Waals surface area contributed by atoms with Crippen molar-refractivity contribution >= 4 is 81.3 Å². The van der Waals surface area contributed by atoms with Crippen molar-refractivity contribution in [3.63, 3.8) is 0 Å². The van der Waals surface area contributed by atoms with Gasteiger partial charge in [0.05, 0.1) is 17.9 Å². The lowest BCUT2D eigenvalue weighted by molar-refractivity contribution is 0.607. The first-order valence-electron chi connectivity index (χ1n) is 9.76. The van der Waals surface area contributed by atoms with Gasteiger partial charge in [0.15, 0.2) is 0 Å². The lowest BCUT2D eigenvalue weighted by Gasteiger charge is -2.47. The number of fused-ring (bicyclic) bond motifs is 4. The summed E-state index contributed by atoms with van der Waals surface area (Å²) < 4.78 is 2.27. The smallest absolute Gasteiger partial charge is 0.0619 e. The summed E-state index contributed by atoms with van der Waals surface area (Å²) in [6.07, 6.45) is 8.73. The molecule has 0 radical (unpaired) electrons. The Kier molecular flexibility index (Phi) is 4.45. The van der Waals surface area contributed by atoms with Gasteiger partial charge in [-0.1, -0.05) is 0 Å². The van der Waals surface area contributed by atoms with Crippen LogP contribution in [0.2, 0.25) is 0 Å². The van der Waals surface area contributed by atoms with E-state index in [1.807, 2.05) is 0 Å². The Morgan fingerprint density at radius 2 is 1.17 bits per heavy atom. The van der Waals surface area contributed by atoms with Crippen molar-refractivity contribution in [1.29, 1.82) is 0 Å². The van der Waals surface area contributed by atoms with E-state index < -0.39 is 0 Å². The Hall–Kier alpha value is -0.240. The molecule has 4 aliphatic rings. The zero-order chi connectivity index (χ0) is 20.0. The molecule has 2 aliphatic carbocycles. The third kappa shape index (κ3) is 2.69. The van der Waals surface area contributed by atoms with Crippen LogP contribution in [-0.4, -0.2) is 9.49 Å². The van der Waals surface area contributed by atoms with E-state index >= 15 is 0 Å².